The molecule has 0 aromatic heterocycles. The average Bonchev–Trinajstić information content (AvgIpc) is 2.60. The van der Waals surface area contributed by atoms with E-state index in [4.69, 9.17) is 4.74 Å². The second kappa shape index (κ2) is 8.79. The maximum Gasteiger partial charge on any atom is 0.267 e. The van der Waals surface area contributed by atoms with Crippen molar-refractivity contribution < 1.29 is 13.5 Å². The minimum absolute atomic E-state index is 0.156. The molecule has 2 rings (SSSR count). The molecule has 3 nitrogen and oxygen atoms in total. The second-order valence-corrected chi connectivity index (χ2v) is 6.62. The Kier molecular flexibility index (Phi) is 6.72. The van der Waals surface area contributed by atoms with Gasteiger partial charge in [-0.2, -0.15) is 0 Å². The molecule has 0 bridgehead atoms. The third kappa shape index (κ3) is 5.04. The lowest BCUT2D eigenvalue weighted by atomic mass is 10.0. The van der Waals surface area contributed by atoms with Crippen LogP contribution in [0.25, 0.3) is 0 Å². The summed E-state index contributed by atoms with van der Waals surface area (Å²) in [6, 6.07) is 10.6. The first kappa shape index (κ1) is 19.9. The number of halogens is 2. The van der Waals surface area contributed by atoms with E-state index in [1.807, 2.05) is 44.0 Å². The minimum atomic E-state index is -2.64. The van der Waals surface area contributed by atoms with Crippen molar-refractivity contribution >= 4 is 12.0 Å². The van der Waals surface area contributed by atoms with Crippen LogP contribution in [0.2, 0.25) is 0 Å². The van der Waals surface area contributed by atoms with Crippen molar-refractivity contribution in [1.29, 1.82) is 0 Å². The maximum absolute atomic E-state index is 13.6. The minimum Gasteiger partial charge on any atom is -0.457 e. The lowest BCUT2D eigenvalue weighted by molar-refractivity contribution is 0.148. The fraction of sp³-hybridized carbons (Fsp3) is 0.381. The monoisotopic (exact) mass is 360 g/mol. The van der Waals surface area contributed by atoms with E-state index < -0.39 is 6.43 Å². The largest absolute Gasteiger partial charge is 0.457 e. The van der Waals surface area contributed by atoms with Crippen molar-refractivity contribution in [2.45, 2.75) is 40.0 Å². The average molecular weight is 360 g/mol. The summed E-state index contributed by atoms with van der Waals surface area (Å²) in [5, 5.41) is 0. The van der Waals surface area contributed by atoms with Gasteiger partial charge in [0.1, 0.15) is 11.5 Å². The molecular formula is C21H26F2N2O. The van der Waals surface area contributed by atoms with Crippen molar-refractivity contribution in [3.05, 3.63) is 53.1 Å². The summed E-state index contributed by atoms with van der Waals surface area (Å²) in [4.78, 5) is 6.20. The first-order valence-electron chi connectivity index (χ1n) is 8.76. The van der Waals surface area contributed by atoms with E-state index >= 15 is 0 Å². The first-order chi connectivity index (χ1) is 12.3. The summed E-state index contributed by atoms with van der Waals surface area (Å²) in [5.74, 6) is 1.06. The van der Waals surface area contributed by atoms with Crippen molar-refractivity contribution in [2.24, 2.45) is 4.99 Å². The van der Waals surface area contributed by atoms with E-state index in [0.717, 1.165) is 17.7 Å². The van der Waals surface area contributed by atoms with Crippen LogP contribution in [0.3, 0.4) is 0 Å². The van der Waals surface area contributed by atoms with Gasteiger partial charge in [-0.05, 0) is 55.2 Å². The number of alkyl halides is 2. The lowest BCUT2D eigenvalue weighted by Gasteiger charge is -2.15. The third-order valence-electron chi connectivity index (χ3n) is 4.21. The Morgan fingerprint density at radius 3 is 2.54 bits per heavy atom. The highest BCUT2D eigenvalue weighted by Crippen LogP contribution is 2.37. The zero-order chi connectivity index (χ0) is 19.3. The van der Waals surface area contributed by atoms with E-state index in [9.17, 15) is 8.78 Å². The summed E-state index contributed by atoms with van der Waals surface area (Å²) < 4.78 is 32.9. The van der Waals surface area contributed by atoms with Crippen molar-refractivity contribution in [1.82, 2.24) is 4.90 Å². The van der Waals surface area contributed by atoms with Gasteiger partial charge in [0.15, 0.2) is 0 Å². The molecule has 2 aromatic rings. The Bertz CT molecular complexity index is 773. The standard InChI is InChI=1S/C21H26F2N2O/c1-6-25(5)13-24-19-12-18(21(22)23)20(10-15(19)4)26-17-9-7-8-16(11-17)14(2)3/h7-14,21H,6H2,1-5H3/b24-13+. The van der Waals surface area contributed by atoms with Crippen LogP contribution >= 0.6 is 0 Å². The van der Waals surface area contributed by atoms with Gasteiger partial charge < -0.3 is 9.64 Å². The van der Waals surface area contributed by atoms with Crippen molar-refractivity contribution in [3.63, 3.8) is 0 Å². The van der Waals surface area contributed by atoms with Crippen LogP contribution in [0.4, 0.5) is 14.5 Å². The Hall–Kier alpha value is -2.43. The molecule has 0 aliphatic rings. The van der Waals surface area contributed by atoms with E-state index in [0.29, 0.717) is 17.4 Å². The van der Waals surface area contributed by atoms with Gasteiger partial charge in [-0.1, -0.05) is 26.0 Å². The number of aryl methyl sites for hydroxylation is 1. The zero-order valence-corrected chi connectivity index (χ0v) is 16.0. The number of ether oxygens (including phenoxy) is 1. The Balaban J connectivity index is 2.38. The van der Waals surface area contributed by atoms with Crippen LogP contribution in [0.15, 0.2) is 41.4 Å². The molecule has 0 heterocycles. The Morgan fingerprint density at radius 2 is 1.92 bits per heavy atom. The quantitative estimate of drug-likeness (QED) is 0.418. The number of hydrogen-bond donors (Lipinski definition) is 0. The molecule has 2 aromatic carbocycles. The van der Waals surface area contributed by atoms with E-state index in [-0.39, 0.29) is 11.3 Å². The van der Waals surface area contributed by atoms with Crippen LogP contribution < -0.4 is 4.74 Å². The number of rotatable bonds is 7. The molecule has 0 saturated heterocycles. The van der Waals surface area contributed by atoms with E-state index in [1.54, 1.807) is 18.5 Å². The summed E-state index contributed by atoms with van der Waals surface area (Å²) in [5.41, 5.74) is 2.24. The van der Waals surface area contributed by atoms with Gasteiger partial charge in [0.25, 0.3) is 6.43 Å². The molecule has 0 aliphatic carbocycles. The van der Waals surface area contributed by atoms with Crippen LogP contribution in [0.1, 0.15) is 49.8 Å². The number of nitrogens with zero attached hydrogens (tertiary/aromatic N) is 2. The fourth-order valence-corrected chi connectivity index (χ4v) is 2.39. The molecule has 140 valence electrons. The van der Waals surface area contributed by atoms with Crippen LogP contribution in [0, 0.1) is 6.92 Å². The summed E-state index contributed by atoms with van der Waals surface area (Å²) in [7, 11) is 1.88. The van der Waals surface area contributed by atoms with Gasteiger partial charge in [0.05, 0.1) is 17.6 Å². The van der Waals surface area contributed by atoms with E-state index in [1.165, 1.54) is 6.07 Å². The normalized spacial score (nSPS) is 11.6. The molecule has 0 spiro atoms. The first-order valence-corrected chi connectivity index (χ1v) is 8.76. The highest BCUT2D eigenvalue weighted by atomic mass is 19.3. The van der Waals surface area contributed by atoms with Gasteiger partial charge in [0, 0.05) is 13.6 Å². The van der Waals surface area contributed by atoms with Gasteiger partial charge >= 0.3 is 0 Å². The summed E-state index contributed by atoms with van der Waals surface area (Å²) in [6.45, 7) is 8.77. The van der Waals surface area contributed by atoms with Crippen LogP contribution in [0.5, 0.6) is 11.5 Å². The van der Waals surface area contributed by atoms with Crippen LogP contribution in [-0.2, 0) is 0 Å². The predicted octanol–water partition coefficient (Wildman–Crippen LogP) is 6.46. The molecule has 0 saturated carbocycles. The summed E-state index contributed by atoms with van der Waals surface area (Å²) in [6.07, 6.45) is -0.999. The highest BCUT2D eigenvalue weighted by molar-refractivity contribution is 5.65. The zero-order valence-electron chi connectivity index (χ0n) is 16.0. The molecule has 26 heavy (non-hydrogen) atoms. The molecule has 0 amide bonds. The molecule has 0 radical (unpaired) electrons. The van der Waals surface area contributed by atoms with E-state index in [2.05, 4.69) is 18.8 Å². The molecule has 0 N–H and O–H groups in total. The number of aliphatic imine (C=N–C) groups is 1. The Morgan fingerprint density at radius 1 is 1.19 bits per heavy atom. The van der Waals surface area contributed by atoms with Gasteiger partial charge in [-0.3, -0.25) is 0 Å². The highest BCUT2D eigenvalue weighted by Gasteiger charge is 2.18. The SMILES string of the molecule is CCN(C)/C=N/c1cc(C(F)F)c(Oc2cccc(C(C)C)c2)cc1C. The fourth-order valence-electron chi connectivity index (χ4n) is 2.39. The van der Waals surface area contributed by atoms with Crippen molar-refractivity contribution in [2.75, 3.05) is 13.6 Å². The molecule has 0 aliphatic heterocycles. The second-order valence-electron chi connectivity index (χ2n) is 6.62. The Labute approximate surface area is 154 Å². The predicted molar refractivity (Wildman–Crippen MR) is 103 cm³/mol. The lowest BCUT2D eigenvalue weighted by Crippen LogP contribution is -2.14. The van der Waals surface area contributed by atoms with Crippen molar-refractivity contribution in [3.8, 4) is 11.5 Å². The number of hydrogen-bond acceptors (Lipinski definition) is 2. The van der Waals surface area contributed by atoms with Gasteiger partial charge in [0.2, 0.25) is 0 Å². The third-order valence-corrected chi connectivity index (χ3v) is 4.21. The number of benzene rings is 2. The van der Waals surface area contributed by atoms with Gasteiger partial charge in [-0.15, -0.1) is 0 Å². The molecular weight excluding hydrogens is 334 g/mol. The molecule has 0 fully saturated rings. The molecule has 0 atom stereocenters. The smallest absolute Gasteiger partial charge is 0.267 e. The maximum atomic E-state index is 13.6. The molecule has 5 heteroatoms. The van der Waals surface area contributed by atoms with Crippen LogP contribution in [-0.4, -0.2) is 24.8 Å². The van der Waals surface area contributed by atoms with Gasteiger partial charge in [-0.25, -0.2) is 13.8 Å². The molecule has 0 unspecified atom stereocenters. The topological polar surface area (TPSA) is 24.8 Å². The summed E-state index contributed by atoms with van der Waals surface area (Å²) >= 11 is 0.